The minimum absolute atomic E-state index is 0.0979. The molecule has 0 bridgehead atoms. The molecule has 0 radical (unpaired) electrons. The van der Waals surface area contributed by atoms with E-state index in [1.807, 2.05) is 32.0 Å². The second-order valence-corrected chi connectivity index (χ2v) is 8.44. The van der Waals surface area contributed by atoms with Crippen LogP contribution < -0.4 is 10.2 Å². The Morgan fingerprint density at radius 1 is 0.931 bits per heavy atom. The van der Waals surface area contributed by atoms with Crippen LogP contribution in [0.4, 0.5) is 11.4 Å². The molecule has 0 spiro atoms. The molecule has 150 valence electrons. The first kappa shape index (κ1) is 19.4. The van der Waals surface area contributed by atoms with Crippen LogP contribution in [0.2, 0.25) is 0 Å². The Kier molecular flexibility index (Phi) is 4.99. The minimum atomic E-state index is -0.221. The van der Waals surface area contributed by atoms with E-state index in [4.69, 9.17) is 0 Å². The summed E-state index contributed by atoms with van der Waals surface area (Å²) in [5.74, 6) is -0.325. The van der Waals surface area contributed by atoms with Gasteiger partial charge in [-0.2, -0.15) is 0 Å². The zero-order valence-corrected chi connectivity index (χ0v) is 17.1. The molecular weight excluding hydrogens is 364 g/mol. The molecule has 3 amide bonds. The fourth-order valence-corrected chi connectivity index (χ4v) is 4.43. The summed E-state index contributed by atoms with van der Waals surface area (Å²) in [6, 6.07) is 12.5. The number of hydrogen-bond donors (Lipinski definition) is 1. The Labute approximate surface area is 171 Å². The number of fused-ring (bicyclic) bond motifs is 1. The molecule has 2 aromatic rings. The predicted octanol–water partition coefficient (Wildman–Crippen LogP) is 4.48. The lowest BCUT2D eigenvalue weighted by Gasteiger charge is -2.25. The Hall–Kier alpha value is -2.95. The Morgan fingerprint density at radius 2 is 1.62 bits per heavy atom. The fraction of sp³-hybridized carbons (Fsp3) is 0.375. The van der Waals surface area contributed by atoms with Crippen molar-refractivity contribution in [1.29, 1.82) is 0 Å². The zero-order valence-electron chi connectivity index (χ0n) is 17.1. The summed E-state index contributed by atoms with van der Waals surface area (Å²) in [7, 11) is 0. The van der Waals surface area contributed by atoms with Gasteiger partial charge in [0, 0.05) is 11.3 Å². The van der Waals surface area contributed by atoms with Crippen molar-refractivity contribution >= 4 is 29.1 Å². The number of rotatable bonds is 3. The number of amides is 3. The van der Waals surface area contributed by atoms with Crippen LogP contribution in [0.3, 0.4) is 0 Å². The summed E-state index contributed by atoms with van der Waals surface area (Å²) >= 11 is 0. The molecule has 1 saturated carbocycles. The molecule has 2 aliphatic rings. The number of benzene rings is 2. The van der Waals surface area contributed by atoms with Crippen molar-refractivity contribution in [3.63, 3.8) is 0 Å². The Bertz CT molecular complexity index is 980. The first-order valence-electron chi connectivity index (χ1n) is 10.2. The average Bonchev–Trinajstić information content (AvgIpc) is 2.94. The molecule has 1 N–H and O–H groups in total. The van der Waals surface area contributed by atoms with Crippen LogP contribution in [0.1, 0.15) is 47.7 Å². The lowest BCUT2D eigenvalue weighted by Crippen LogP contribution is -2.30. The van der Waals surface area contributed by atoms with Gasteiger partial charge in [0.15, 0.2) is 0 Å². The normalized spacial score (nSPS) is 23.8. The molecule has 29 heavy (non-hydrogen) atoms. The molecule has 1 saturated heterocycles. The first-order chi connectivity index (χ1) is 13.8. The summed E-state index contributed by atoms with van der Waals surface area (Å²) in [6.45, 7) is 6.17. The third-order valence-electron chi connectivity index (χ3n) is 6.34. The molecule has 2 aromatic carbocycles. The molecule has 1 heterocycles. The molecule has 1 aliphatic heterocycles. The van der Waals surface area contributed by atoms with E-state index in [2.05, 4.69) is 12.2 Å². The van der Waals surface area contributed by atoms with Crippen molar-refractivity contribution in [1.82, 2.24) is 0 Å². The van der Waals surface area contributed by atoms with Gasteiger partial charge in [-0.05, 0) is 86.6 Å². The van der Waals surface area contributed by atoms with Gasteiger partial charge in [0.1, 0.15) is 0 Å². The van der Waals surface area contributed by atoms with E-state index >= 15 is 0 Å². The number of aryl methyl sites for hydroxylation is 2. The number of hydrogen-bond acceptors (Lipinski definition) is 3. The first-order valence-corrected chi connectivity index (χ1v) is 10.2. The number of anilines is 2. The van der Waals surface area contributed by atoms with E-state index in [0.29, 0.717) is 17.2 Å². The predicted molar refractivity (Wildman–Crippen MR) is 113 cm³/mol. The van der Waals surface area contributed by atoms with Crippen LogP contribution in [0.15, 0.2) is 42.5 Å². The highest BCUT2D eigenvalue weighted by molar-refractivity contribution is 6.22. The van der Waals surface area contributed by atoms with Gasteiger partial charge in [-0.15, -0.1) is 0 Å². The zero-order chi connectivity index (χ0) is 20.7. The molecule has 5 heteroatoms. The summed E-state index contributed by atoms with van der Waals surface area (Å²) < 4.78 is 0. The monoisotopic (exact) mass is 390 g/mol. The van der Waals surface area contributed by atoms with Gasteiger partial charge in [0.05, 0.1) is 17.5 Å². The second-order valence-electron chi connectivity index (χ2n) is 8.44. The van der Waals surface area contributed by atoms with E-state index in [-0.39, 0.29) is 29.6 Å². The van der Waals surface area contributed by atoms with Crippen LogP contribution in [-0.2, 0) is 9.59 Å². The number of nitrogens with zero attached hydrogens (tertiary/aromatic N) is 1. The van der Waals surface area contributed by atoms with E-state index in [0.717, 1.165) is 30.5 Å². The number of carbonyl (C=O) groups excluding carboxylic acids is 3. The minimum Gasteiger partial charge on any atom is -0.322 e. The summed E-state index contributed by atoms with van der Waals surface area (Å²) in [5.41, 5.74) is 4.05. The molecule has 0 unspecified atom stereocenters. The quantitative estimate of drug-likeness (QED) is 0.786. The van der Waals surface area contributed by atoms with Crippen LogP contribution in [0.25, 0.3) is 0 Å². The molecule has 2 fully saturated rings. The topological polar surface area (TPSA) is 66.5 Å². The lowest BCUT2D eigenvalue weighted by molar-refractivity contribution is -0.122. The highest BCUT2D eigenvalue weighted by Gasteiger charge is 2.49. The lowest BCUT2D eigenvalue weighted by atomic mass is 9.76. The number of nitrogens with one attached hydrogen (secondary N) is 1. The standard InChI is InChI=1S/C24H26N2O3/c1-14-4-11-20-21(12-14)24(29)26(23(20)28)19-9-6-17(7-10-19)22(27)25-18-8-5-15(2)16(3)13-18/h5-10,13-14,20-21H,4,11-12H2,1-3H3,(H,25,27)/t14-,20+,21-/m0/s1. The van der Waals surface area contributed by atoms with Crippen molar-refractivity contribution in [2.24, 2.45) is 17.8 Å². The van der Waals surface area contributed by atoms with Gasteiger partial charge in [0.25, 0.3) is 5.91 Å². The third-order valence-corrected chi connectivity index (χ3v) is 6.34. The van der Waals surface area contributed by atoms with Crippen LogP contribution in [-0.4, -0.2) is 17.7 Å². The van der Waals surface area contributed by atoms with E-state index in [9.17, 15) is 14.4 Å². The van der Waals surface area contributed by atoms with Gasteiger partial charge in [-0.25, -0.2) is 0 Å². The Balaban J connectivity index is 1.50. The van der Waals surface area contributed by atoms with Crippen molar-refractivity contribution in [2.75, 3.05) is 10.2 Å². The van der Waals surface area contributed by atoms with Gasteiger partial charge in [-0.1, -0.05) is 13.0 Å². The van der Waals surface area contributed by atoms with E-state index in [1.54, 1.807) is 24.3 Å². The second kappa shape index (κ2) is 7.47. The van der Waals surface area contributed by atoms with Crippen LogP contribution in [0.5, 0.6) is 0 Å². The summed E-state index contributed by atoms with van der Waals surface area (Å²) in [4.78, 5) is 39.5. The Morgan fingerprint density at radius 3 is 2.31 bits per heavy atom. The maximum Gasteiger partial charge on any atom is 0.255 e. The molecule has 3 atom stereocenters. The van der Waals surface area contributed by atoms with Gasteiger partial charge in [-0.3, -0.25) is 19.3 Å². The summed E-state index contributed by atoms with van der Waals surface area (Å²) in [6.07, 6.45) is 2.55. The summed E-state index contributed by atoms with van der Waals surface area (Å²) in [5, 5.41) is 2.89. The van der Waals surface area contributed by atoms with Crippen molar-refractivity contribution in [3.05, 3.63) is 59.2 Å². The number of imide groups is 1. The molecule has 4 rings (SSSR count). The van der Waals surface area contributed by atoms with Crippen LogP contribution >= 0.6 is 0 Å². The highest BCUT2D eigenvalue weighted by atomic mass is 16.2. The van der Waals surface area contributed by atoms with Crippen LogP contribution in [0, 0.1) is 31.6 Å². The number of carbonyl (C=O) groups is 3. The van der Waals surface area contributed by atoms with Gasteiger partial charge in [0.2, 0.25) is 11.8 Å². The SMILES string of the molecule is Cc1ccc(NC(=O)c2ccc(N3C(=O)[C@H]4C[C@@H](C)CC[C@H]4C3=O)cc2)cc1C. The maximum absolute atomic E-state index is 12.8. The van der Waals surface area contributed by atoms with Crippen molar-refractivity contribution < 1.29 is 14.4 Å². The van der Waals surface area contributed by atoms with Gasteiger partial charge >= 0.3 is 0 Å². The molecular formula is C24H26N2O3. The van der Waals surface area contributed by atoms with E-state index < -0.39 is 0 Å². The largest absolute Gasteiger partial charge is 0.322 e. The smallest absolute Gasteiger partial charge is 0.255 e. The molecule has 1 aliphatic carbocycles. The molecule has 5 nitrogen and oxygen atoms in total. The average molecular weight is 390 g/mol. The molecule has 0 aromatic heterocycles. The fourth-order valence-electron chi connectivity index (χ4n) is 4.43. The highest BCUT2D eigenvalue weighted by Crippen LogP contribution is 2.42. The maximum atomic E-state index is 12.8. The third kappa shape index (κ3) is 3.57. The van der Waals surface area contributed by atoms with E-state index in [1.165, 1.54) is 10.5 Å². The van der Waals surface area contributed by atoms with Gasteiger partial charge < -0.3 is 5.32 Å². The van der Waals surface area contributed by atoms with Crippen molar-refractivity contribution in [2.45, 2.75) is 40.0 Å². The van der Waals surface area contributed by atoms with Crippen molar-refractivity contribution in [3.8, 4) is 0 Å².